The first kappa shape index (κ1) is 17.4. The molecule has 0 unspecified atom stereocenters. The number of benzene rings is 2. The third-order valence-electron chi connectivity index (χ3n) is 3.65. The Hall–Kier alpha value is -2.44. The van der Waals surface area contributed by atoms with Crippen LogP contribution in [0.15, 0.2) is 46.3 Å². The zero-order chi connectivity index (χ0) is 18.0. The van der Waals surface area contributed by atoms with Crippen molar-refractivity contribution in [1.82, 2.24) is 5.32 Å². The van der Waals surface area contributed by atoms with E-state index >= 15 is 0 Å². The van der Waals surface area contributed by atoms with E-state index in [1.54, 1.807) is 36.4 Å². The van der Waals surface area contributed by atoms with Gasteiger partial charge in [-0.2, -0.15) is 0 Å². The normalized spacial score (nSPS) is 17.2. The van der Waals surface area contributed by atoms with E-state index in [9.17, 15) is 9.90 Å². The van der Waals surface area contributed by atoms with Gasteiger partial charge in [0.1, 0.15) is 0 Å². The third kappa shape index (κ3) is 3.65. The molecule has 0 spiro atoms. The Morgan fingerprint density at radius 1 is 1.28 bits per heavy atom. The first-order valence-corrected chi connectivity index (χ1v) is 8.59. The number of rotatable bonds is 3. The molecule has 2 aromatic carbocycles. The van der Waals surface area contributed by atoms with Gasteiger partial charge in [0.25, 0.3) is 5.91 Å². The Balaban J connectivity index is 1.90. The maximum Gasteiger partial charge on any atom is 0.264 e. The van der Waals surface area contributed by atoms with E-state index in [-0.39, 0.29) is 11.7 Å². The summed E-state index contributed by atoms with van der Waals surface area (Å²) in [5, 5.41) is 13.9. The minimum atomic E-state index is -0.273. The predicted octanol–water partition coefficient (Wildman–Crippen LogP) is 4.25. The topological polar surface area (TPSA) is 70.9 Å². The highest BCUT2D eigenvalue weighted by Crippen LogP contribution is 2.35. The molecule has 1 aliphatic heterocycles. The van der Waals surface area contributed by atoms with Gasteiger partial charge in [0, 0.05) is 10.6 Å². The fourth-order valence-corrected chi connectivity index (χ4v) is 3.26. The maximum absolute atomic E-state index is 12.2. The second-order valence-corrected chi connectivity index (χ2v) is 6.70. The van der Waals surface area contributed by atoms with Crippen LogP contribution in [0.25, 0.3) is 6.08 Å². The van der Waals surface area contributed by atoms with Gasteiger partial charge in [-0.1, -0.05) is 29.8 Å². The second-order valence-electron chi connectivity index (χ2n) is 5.26. The number of phenols is 1. The highest BCUT2D eigenvalue weighted by Gasteiger charge is 2.24. The van der Waals surface area contributed by atoms with Crippen LogP contribution in [-0.4, -0.2) is 23.3 Å². The van der Waals surface area contributed by atoms with Crippen molar-refractivity contribution >= 4 is 46.2 Å². The minimum absolute atomic E-state index is 0.0121. The van der Waals surface area contributed by atoms with Crippen LogP contribution in [0.2, 0.25) is 5.02 Å². The van der Waals surface area contributed by atoms with Crippen molar-refractivity contribution in [2.24, 2.45) is 4.99 Å². The standard InChI is InChI=1S/C18H15ClN2O3S/c1-10-12(19)6-4-7-13(10)20-18-21-17(23)15(25-18)9-11-5-3-8-14(24-2)16(11)22/h3-9,22H,1-2H3,(H,20,21,23)/b15-9-. The summed E-state index contributed by atoms with van der Waals surface area (Å²) < 4.78 is 5.08. The number of amides is 1. The van der Waals surface area contributed by atoms with Gasteiger partial charge in [0.05, 0.1) is 17.7 Å². The van der Waals surface area contributed by atoms with E-state index in [1.807, 2.05) is 13.0 Å². The molecule has 5 nitrogen and oxygen atoms in total. The molecule has 0 bridgehead atoms. The third-order valence-corrected chi connectivity index (χ3v) is 4.97. The van der Waals surface area contributed by atoms with Gasteiger partial charge >= 0.3 is 0 Å². The number of carbonyl (C=O) groups excluding carboxylic acids is 1. The van der Waals surface area contributed by atoms with Crippen LogP contribution >= 0.6 is 23.4 Å². The predicted molar refractivity (Wildman–Crippen MR) is 102 cm³/mol. The lowest BCUT2D eigenvalue weighted by Crippen LogP contribution is -2.19. The molecule has 128 valence electrons. The Labute approximate surface area is 154 Å². The number of amidine groups is 1. The van der Waals surface area contributed by atoms with Crippen LogP contribution in [0.1, 0.15) is 11.1 Å². The smallest absolute Gasteiger partial charge is 0.264 e. The first-order valence-electron chi connectivity index (χ1n) is 7.40. The summed E-state index contributed by atoms with van der Waals surface area (Å²) in [7, 11) is 1.47. The molecule has 2 N–H and O–H groups in total. The lowest BCUT2D eigenvalue weighted by molar-refractivity contribution is -0.115. The molecule has 3 rings (SSSR count). The van der Waals surface area contributed by atoms with E-state index in [2.05, 4.69) is 10.3 Å². The fraction of sp³-hybridized carbons (Fsp3) is 0.111. The molecule has 0 aliphatic carbocycles. The molecule has 1 amide bonds. The molecule has 25 heavy (non-hydrogen) atoms. The molecule has 1 fully saturated rings. The van der Waals surface area contributed by atoms with Crippen molar-refractivity contribution in [3.05, 3.63) is 57.5 Å². The average Bonchev–Trinajstić information content (AvgIpc) is 2.93. The molecule has 1 saturated heterocycles. The summed E-state index contributed by atoms with van der Waals surface area (Å²) in [6, 6.07) is 10.5. The number of nitrogens with zero attached hydrogens (tertiary/aromatic N) is 1. The van der Waals surface area contributed by atoms with Gasteiger partial charge in [-0.15, -0.1) is 0 Å². The second kappa shape index (κ2) is 7.21. The van der Waals surface area contributed by atoms with Crippen molar-refractivity contribution in [3.8, 4) is 11.5 Å². The molecular weight excluding hydrogens is 360 g/mol. The molecule has 0 saturated carbocycles. The lowest BCUT2D eigenvalue weighted by atomic mass is 10.1. The number of aromatic hydroxyl groups is 1. The highest BCUT2D eigenvalue weighted by atomic mass is 35.5. The molecule has 0 atom stereocenters. The number of thioether (sulfide) groups is 1. The summed E-state index contributed by atoms with van der Waals surface area (Å²) in [6.07, 6.45) is 1.60. The number of carbonyl (C=O) groups is 1. The van der Waals surface area contributed by atoms with E-state index in [0.29, 0.717) is 32.1 Å². The molecule has 1 aliphatic rings. The van der Waals surface area contributed by atoms with Crippen molar-refractivity contribution in [2.45, 2.75) is 6.92 Å². The number of halogens is 1. The van der Waals surface area contributed by atoms with E-state index < -0.39 is 0 Å². The number of nitrogens with one attached hydrogen (secondary N) is 1. The monoisotopic (exact) mass is 374 g/mol. The molecule has 1 heterocycles. The summed E-state index contributed by atoms with van der Waals surface area (Å²) in [5.41, 5.74) is 2.03. The maximum atomic E-state index is 12.2. The fourth-order valence-electron chi connectivity index (χ4n) is 2.27. The Morgan fingerprint density at radius 2 is 2.04 bits per heavy atom. The molecule has 0 aromatic heterocycles. The summed E-state index contributed by atoms with van der Waals surface area (Å²) in [5.74, 6) is 0.0637. The summed E-state index contributed by atoms with van der Waals surface area (Å²) >= 11 is 7.30. The highest BCUT2D eigenvalue weighted by molar-refractivity contribution is 8.18. The molecule has 7 heteroatoms. The number of ether oxygens (including phenoxy) is 1. The van der Waals surface area contributed by atoms with Crippen LogP contribution in [-0.2, 0) is 4.79 Å². The van der Waals surface area contributed by atoms with Crippen LogP contribution in [0, 0.1) is 6.92 Å². The summed E-state index contributed by atoms with van der Waals surface area (Å²) in [4.78, 5) is 17.1. The Morgan fingerprint density at radius 3 is 2.80 bits per heavy atom. The Bertz CT molecular complexity index is 909. The number of aliphatic imine (C=N–C) groups is 1. The average molecular weight is 375 g/mol. The quantitative estimate of drug-likeness (QED) is 0.788. The minimum Gasteiger partial charge on any atom is -0.504 e. The van der Waals surface area contributed by atoms with Crippen molar-refractivity contribution < 1.29 is 14.6 Å². The van der Waals surface area contributed by atoms with Crippen molar-refractivity contribution in [2.75, 3.05) is 7.11 Å². The van der Waals surface area contributed by atoms with Gasteiger partial charge in [0.2, 0.25) is 0 Å². The summed E-state index contributed by atoms with van der Waals surface area (Å²) in [6.45, 7) is 1.87. The zero-order valence-electron chi connectivity index (χ0n) is 13.5. The number of para-hydroxylation sites is 1. The zero-order valence-corrected chi connectivity index (χ0v) is 15.1. The van der Waals surface area contributed by atoms with E-state index in [1.165, 1.54) is 18.9 Å². The van der Waals surface area contributed by atoms with Gasteiger partial charge in [0.15, 0.2) is 16.7 Å². The van der Waals surface area contributed by atoms with Gasteiger partial charge in [-0.3, -0.25) is 4.79 Å². The van der Waals surface area contributed by atoms with Crippen LogP contribution in [0.5, 0.6) is 11.5 Å². The van der Waals surface area contributed by atoms with E-state index in [4.69, 9.17) is 16.3 Å². The SMILES string of the molecule is COc1cccc(/C=C2\SC(=Nc3cccc(Cl)c3C)NC2=O)c1O. The van der Waals surface area contributed by atoms with Crippen LogP contribution < -0.4 is 10.1 Å². The van der Waals surface area contributed by atoms with E-state index in [0.717, 1.165) is 5.56 Å². The first-order chi connectivity index (χ1) is 12.0. The number of phenolic OH excluding ortho intramolecular Hbond substituents is 1. The van der Waals surface area contributed by atoms with Crippen LogP contribution in [0.3, 0.4) is 0 Å². The van der Waals surface area contributed by atoms with Gasteiger partial charge < -0.3 is 15.2 Å². The van der Waals surface area contributed by atoms with Gasteiger partial charge in [-0.05, 0) is 48.5 Å². The lowest BCUT2D eigenvalue weighted by Gasteiger charge is -2.05. The number of methoxy groups -OCH3 is 1. The van der Waals surface area contributed by atoms with Crippen LogP contribution in [0.4, 0.5) is 5.69 Å². The van der Waals surface area contributed by atoms with Crippen molar-refractivity contribution in [1.29, 1.82) is 0 Å². The number of hydrogen-bond donors (Lipinski definition) is 2. The van der Waals surface area contributed by atoms with Crippen molar-refractivity contribution in [3.63, 3.8) is 0 Å². The Kier molecular flexibility index (Phi) is 5.01. The largest absolute Gasteiger partial charge is 0.504 e. The molecule has 0 radical (unpaired) electrons. The van der Waals surface area contributed by atoms with Gasteiger partial charge in [-0.25, -0.2) is 4.99 Å². The molecular formula is C18H15ClN2O3S. The number of hydrogen-bond acceptors (Lipinski definition) is 5. The molecule has 2 aromatic rings.